The predicted molar refractivity (Wildman–Crippen MR) is 97.6 cm³/mol. The zero-order valence-corrected chi connectivity index (χ0v) is 16.7. The molecule has 1 unspecified atom stereocenters. The van der Waals surface area contributed by atoms with Gasteiger partial charge < -0.3 is 9.53 Å². The summed E-state index contributed by atoms with van der Waals surface area (Å²) in [4.78, 5) is 13.3. The molecule has 0 aromatic rings. The summed E-state index contributed by atoms with van der Waals surface area (Å²) in [5, 5.41) is 8.78. The van der Waals surface area contributed by atoms with Gasteiger partial charge in [-0.1, -0.05) is 33.6 Å². The normalized spacial score (nSPS) is 19.4. The van der Waals surface area contributed by atoms with E-state index in [0.29, 0.717) is 6.42 Å². The third kappa shape index (κ3) is 6.09. The van der Waals surface area contributed by atoms with E-state index < -0.39 is 9.04 Å². The number of carbonyl (C=O) groups is 1. The molecule has 1 aliphatic rings. The van der Waals surface area contributed by atoms with Crippen molar-refractivity contribution in [2.45, 2.75) is 66.0 Å². The Morgan fingerprint density at radius 1 is 1.23 bits per heavy atom. The molecule has 0 fully saturated rings. The van der Waals surface area contributed by atoms with Crippen molar-refractivity contribution in [3.63, 3.8) is 0 Å². The second-order valence-electron chi connectivity index (χ2n) is 7.39. The van der Waals surface area contributed by atoms with Gasteiger partial charge in [-0.3, -0.25) is 4.79 Å². The van der Waals surface area contributed by atoms with Crippen LogP contribution in [0.5, 0.6) is 0 Å². The first-order valence-electron chi connectivity index (χ1n) is 8.45. The van der Waals surface area contributed by atoms with Gasteiger partial charge in [-0.2, -0.15) is 0 Å². The fourth-order valence-electron chi connectivity index (χ4n) is 2.65. The van der Waals surface area contributed by atoms with Crippen LogP contribution < -0.4 is 0 Å². The molecule has 0 aliphatic heterocycles. The maximum Gasteiger partial charge on any atom is 0.229 e. The number of aliphatic hydroxyl groups is 1. The van der Waals surface area contributed by atoms with E-state index in [9.17, 15) is 4.79 Å². The van der Waals surface area contributed by atoms with Crippen molar-refractivity contribution < 1.29 is 14.3 Å². The molecule has 1 atom stereocenters. The van der Waals surface area contributed by atoms with Crippen LogP contribution >= 0.6 is 11.8 Å². The van der Waals surface area contributed by atoms with Crippen molar-refractivity contribution >= 4 is 26.6 Å². The highest BCUT2D eigenvalue weighted by Gasteiger charge is 2.40. The maximum absolute atomic E-state index is 12.4. The summed E-state index contributed by atoms with van der Waals surface area (Å²) >= 11 is 1.68. The Kier molecular flexibility index (Phi) is 8.21. The van der Waals surface area contributed by atoms with Crippen LogP contribution in [0.25, 0.3) is 0 Å². The van der Waals surface area contributed by atoms with E-state index in [4.69, 9.17) is 9.53 Å². The number of unbranched alkanes of at least 4 members (excludes halogenated alkanes) is 3. The number of thioether (sulfide) groups is 1. The lowest BCUT2D eigenvalue weighted by Crippen LogP contribution is -2.24. The Morgan fingerprint density at radius 3 is 2.41 bits per heavy atom. The predicted octanol–water partition coefficient (Wildman–Crippen LogP) is 4.12. The number of allylic oxidation sites excluding steroid dienone is 2. The number of carbonyl (C=O) groups excluding carboxylic acids is 1. The molecule has 22 heavy (non-hydrogen) atoms. The van der Waals surface area contributed by atoms with Gasteiger partial charge in [-0.25, -0.2) is 0 Å². The van der Waals surface area contributed by atoms with E-state index in [2.05, 4.69) is 33.9 Å². The number of aliphatic hydroxyl groups excluding tert-OH is 1. The lowest BCUT2D eigenvalue weighted by molar-refractivity contribution is -0.115. The van der Waals surface area contributed by atoms with Crippen molar-refractivity contribution in [3.8, 4) is 0 Å². The molecule has 128 valence electrons. The molecule has 0 saturated carbocycles. The molecule has 0 spiro atoms. The Morgan fingerprint density at radius 2 is 1.86 bits per heavy atom. The summed E-state index contributed by atoms with van der Waals surface area (Å²) in [6.07, 6.45) is 4.76. The molecule has 3 nitrogen and oxygen atoms in total. The molecule has 0 bridgehead atoms. The van der Waals surface area contributed by atoms with Crippen molar-refractivity contribution in [1.29, 1.82) is 0 Å². The van der Waals surface area contributed by atoms with Crippen LogP contribution in [0.1, 0.15) is 52.9 Å². The summed E-state index contributed by atoms with van der Waals surface area (Å²) in [5.41, 5.74) is 0.0672. The number of ketones is 1. The van der Waals surface area contributed by atoms with Gasteiger partial charge in [-0.05, 0) is 37.1 Å². The SMILES string of the molecule is C[SiH](C)OC1=C(SCCCCCCO)C(=O)CC1C(C)(C)C. The summed E-state index contributed by atoms with van der Waals surface area (Å²) in [6, 6.07) is 0. The minimum Gasteiger partial charge on any atom is -0.549 e. The van der Waals surface area contributed by atoms with E-state index in [1.54, 1.807) is 11.8 Å². The van der Waals surface area contributed by atoms with Gasteiger partial charge in [0.2, 0.25) is 9.04 Å². The second-order valence-corrected chi connectivity index (χ2v) is 10.8. The minimum atomic E-state index is -1.21. The van der Waals surface area contributed by atoms with E-state index in [-0.39, 0.29) is 23.7 Å². The highest BCUT2D eigenvalue weighted by Crippen LogP contribution is 2.45. The largest absolute Gasteiger partial charge is 0.549 e. The summed E-state index contributed by atoms with van der Waals surface area (Å²) < 4.78 is 6.17. The Hall–Kier alpha value is -0.263. The lowest BCUT2D eigenvalue weighted by atomic mass is 9.79. The van der Waals surface area contributed by atoms with Gasteiger partial charge in [-0.15, -0.1) is 11.8 Å². The molecule has 0 aromatic carbocycles. The zero-order valence-electron chi connectivity index (χ0n) is 14.8. The first-order chi connectivity index (χ1) is 10.3. The van der Waals surface area contributed by atoms with Crippen molar-refractivity contribution in [2.24, 2.45) is 11.3 Å². The average molecular weight is 345 g/mol. The van der Waals surface area contributed by atoms with Crippen molar-refractivity contribution in [3.05, 3.63) is 10.7 Å². The Labute approximate surface area is 141 Å². The Balaban J connectivity index is 2.69. The van der Waals surface area contributed by atoms with Crippen molar-refractivity contribution in [1.82, 2.24) is 0 Å². The average Bonchev–Trinajstić information content (AvgIpc) is 2.70. The topological polar surface area (TPSA) is 46.5 Å². The van der Waals surface area contributed by atoms with Gasteiger partial charge in [0.1, 0.15) is 5.76 Å². The third-order valence-electron chi connectivity index (χ3n) is 3.89. The van der Waals surface area contributed by atoms with E-state index in [1.807, 2.05) is 0 Å². The zero-order chi connectivity index (χ0) is 16.8. The highest BCUT2D eigenvalue weighted by atomic mass is 32.2. The van der Waals surface area contributed by atoms with Gasteiger partial charge in [0.05, 0.1) is 4.91 Å². The number of hydrogen-bond donors (Lipinski definition) is 1. The monoisotopic (exact) mass is 344 g/mol. The molecular formula is C17H32O3SSi. The van der Waals surface area contributed by atoms with Gasteiger partial charge in [0, 0.05) is 18.9 Å². The quantitative estimate of drug-likeness (QED) is 0.505. The summed E-state index contributed by atoms with van der Waals surface area (Å²) in [6.45, 7) is 11.2. The van der Waals surface area contributed by atoms with Crippen LogP contribution in [0.4, 0.5) is 0 Å². The summed E-state index contributed by atoms with van der Waals surface area (Å²) in [5.74, 6) is 2.45. The van der Waals surface area contributed by atoms with E-state index >= 15 is 0 Å². The van der Waals surface area contributed by atoms with Crippen molar-refractivity contribution in [2.75, 3.05) is 12.4 Å². The minimum absolute atomic E-state index is 0.0672. The molecule has 1 aliphatic carbocycles. The maximum atomic E-state index is 12.4. The van der Waals surface area contributed by atoms with Crippen LogP contribution in [-0.2, 0) is 9.22 Å². The third-order valence-corrected chi connectivity index (χ3v) is 5.83. The summed E-state index contributed by atoms with van der Waals surface area (Å²) in [7, 11) is -1.21. The number of Topliss-reactive ketones (excluding diaryl/α,β-unsaturated/α-hetero) is 1. The van der Waals surface area contributed by atoms with Crippen LogP contribution in [0.3, 0.4) is 0 Å². The van der Waals surface area contributed by atoms with Crippen LogP contribution in [0, 0.1) is 11.3 Å². The first kappa shape index (κ1) is 19.8. The van der Waals surface area contributed by atoms with Gasteiger partial charge in [0.15, 0.2) is 5.78 Å². The second kappa shape index (κ2) is 9.14. The standard InChI is InChI=1S/C17H32O3SSi/c1-17(2,3)13-12-14(19)16(15(13)20-22(4)5)21-11-9-7-6-8-10-18/h13,18,22H,6-12H2,1-5H3. The van der Waals surface area contributed by atoms with Gasteiger partial charge >= 0.3 is 0 Å². The molecule has 1 N–H and O–H groups in total. The van der Waals surface area contributed by atoms with E-state index in [0.717, 1.165) is 42.1 Å². The fourth-order valence-corrected chi connectivity index (χ4v) is 4.65. The molecular weight excluding hydrogens is 312 g/mol. The van der Waals surface area contributed by atoms with Gasteiger partial charge in [0.25, 0.3) is 0 Å². The molecule has 1 rings (SSSR count). The molecule has 5 heteroatoms. The van der Waals surface area contributed by atoms with E-state index in [1.165, 1.54) is 0 Å². The fraction of sp³-hybridized carbons (Fsp3) is 0.824. The lowest BCUT2D eigenvalue weighted by Gasteiger charge is -2.30. The molecule has 0 amide bonds. The molecule has 0 saturated heterocycles. The number of rotatable bonds is 9. The van der Waals surface area contributed by atoms with Crippen LogP contribution in [0.15, 0.2) is 10.7 Å². The number of hydrogen-bond acceptors (Lipinski definition) is 4. The Bertz CT molecular complexity index is 399. The molecule has 0 radical (unpaired) electrons. The highest BCUT2D eigenvalue weighted by molar-refractivity contribution is 8.04. The molecule has 0 heterocycles. The first-order valence-corrected chi connectivity index (χ1v) is 12.2. The smallest absolute Gasteiger partial charge is 0.229 e. The van der Waals surface area contributed by atoms with Crippen LogP contribution in [0.2, 0.25) is 13.1 Å². The molecule has 0 aromatic heterocycles. The van der Waals surface area contributed by atoms with Crippen LogP contribution in [-0.4, -0.2) is 32.3 Å².